The van der Waals surface area contributed by atoms with Crippen LogP contribution in [0.2, 0.25) is 5.02 Å². The van der Waals surface area contributed by atoms with Crippen molar-refractivity contribution in [2.24, 2.45) is 15.9 Å². The number of nitrogens with two attached hydrogens (primary N) is 1. The Balaban J connectivity index is 2.16. The lowest BCUT2D eigenvalue weighted by atomic mass is 10.2. The summed E-state index contributed by atoms with van der Waals surface area (Å²) >= 11 is 7.39. The normalized spacial score (nSPS) is 15.9. The Labute approximate surface area is 141 Å². The Kier molecular flexibility index (Phi) is 5.83. The quantitative estimate of drug-likeness (QED) is 0.577. The van der Waals surface area contributed by atoms with Crippen LogP contribution < -0.4 is 20.5 Å². The van der Waals surface area contributed by atoms with Crippen LogP contribution in [0.25, 0.3) is 0 Å². The zero-order valence-corrected chi connectivity index (χ0v) is 13.6. The fraction of sp³-hybridized carbons (Fsp3) is 0.231. The summed E-state index contributed by atoms with van der Waals surface area (Å²) in [6, 6.07) is 3.08. The SMILES string of the molecule is COc1cc(C=NN=C2NC(=O)CS2)c(Cl)cc1OCC(N)=O. The van der Waals surface area contributed by atoms with Gasteiger partial charge in [0.2, 0.25) is 5.91 Å². The Morgan fingerprint density at radius 2 is 2.30 bits per heavy atom. The molecule has 2 rings (SSSR count). The zero-order chi connectivity index (χ0) is 16.8. The van der Waals surface area contributed by atoms with E-state index in [9.17, 15) is 9.59 Å². The maximum absolute atomic E-state index is 11.0. The van der Waals surface area contributed by atoms with Crippen molar-refractivity contribution in [2.75, 3.05) is 19.5 Å². The van der Waals surface area contributed by atoms with Crippen molar-refractivity contribution in [2.45, 2.75) is 0 Å². The Hall–Kier alpha value is -2.26. The van der Waals surface area contributed by atoms with Gasteiger partial charge in [0.1, 0.15) is 0 Å². The molecule has 2 amide bonds. The minimum atomic E-state index is -0.610. The number of nitrogens with one attached hydrogen (secondary N) is 1. The van der Waals surface area contributed by atoms with Gasteiger partial charge in [0, 0.05) is 11.6 Å². The summed E-state index contributed by atoms with van der Waals surface area (Å²) in [5.74, 6) is 0.265. The van der Waals surface area contributed by atoms with Gasteiger partial charge in [-0.1, -0.05) is 23.4 Å². The number of primary amides is 1. The third kappa shape index (κ3) is 4.86. The van der Waals surface area contributed by atoms with E-state index in [0.717, 1.165) is 0 Å². The number of ether oxygens (including phenoxy) is 2. The first-order valence-corrected chi connectivity index (χ1v) is 7.68. The molecule has 0 atom stereocenters. The Bertz CT molecular complexity index is 693. The van der Waals surface area contributed by atoms with Crippen LogP contribution in [0.4, 0.5) is 0 Å². The molecule has 1 aromatic rings. The minimum absolute atomic E-state index is 0.111. The van der Waals surface area contributed by atoms with Crippen LogP contribution in [0, 0.1) is 0 Å². The predicted molar refractivity (Wildman–Crippen MR) is 88.3 cm³/mol. The molecule has 0 aliphatic carbocycles. The van der Waals surface area contributed by atoms with Crippen molar-refractivity contribution >= 4 is 46.6 Å². The molecule has 1 aliphatic rings. The molecule has 0 saturated carbocycles. The van der Waals surface area contributed by atoms with Crippen LogP contribution in [-0.4, -0.2) is 42.7 Å². The van der Waals surface area contributed by atoms with Gasteiger partial charge in [-0.15, -0.1) is 5.10 Å². The lowest BCUT2D eigenvalue weighted by Gasteiger charge is -2.11. The number of carbonyl (C=O) groups excluding carboxylic acids is 2. The average molecular weight is 357 g/mol. The van der Waals surface area contributed by atoms with E-state index in [-0.39, 0.29) is 12.5 Å². The molecule has 0 aromatic heterocycles. The molecule has 1 heterocycles. The topological polar surface area (TPSA) is 115 Å². The van der Waals surface area contributed by atoms with E-state index < -0.39 is 5.91 Å². The first-order chi connectivity index (χ1) is 11.0. The number of amidine groups is 1. The predicted octanol–water partition coefficient (Wildman–Crippen LogP) is 0.766. The first-order valence-electron chi connectivity index (χ1n) is 6.32. The zero-order valence-electron chi connectivity index (χ0n) is 12.0. The molecule has 1 aromatic carbocycles. The van der Waals surface area contributed by atoms with Gasteiger partial charge in [-0.3, -0.25) is 9.59 Å². The number of thioether (sulfide) groups is 1. The molecule has 3 N–H and O–H groups in total. The number of carbonyl (C=O) groups is 2. The van der Waals surface area contributed by atoms with Crippen molar-refractivity contribution in [3.8, 4) is 11.5 Å². The van der Waals surface area contributed by atoms with Crippen molar-refractivity contribution < 1.29 is 19.1 Å². The molecule has 0 spiro atoms. The molecule has 122 valence electrons. The highest BCUT2D eigenvalue weighted by molar-refractivity contribution is 8.15. The van der Waals surface area contributed by atoms with Gasteiger partial charge in [-0.25, -0.2) is 0 Å². The van der Waals surface area contributed by atoms with Crippen molar-refractivity contribution in [3.05, 3.63) is 22.7 Å². The molecule has 8 nitrogen and oxygen atoms in total. The molecule has 1 saturated heterocycles. The molecule has 1 aliphatic heterocycles. The fourth-order valence-electron chi connectivity index (χ4n) is 1.59. The van der Waals surface area contributed by atoms with Crippen molar-refractivity contribution in [1.29, 1.82) is 0 Å². The number of hydrogen-bond donors (Lipinski definition) is 2. The van der Waals surface area contributed by atoms with Crippen LogP contribution >= 0.6 is 23.4 Å². The number of amides is 2. The highest BCUT2D eigenvalue weighted by atomic mass is 35.5. The van der Waals surface area contributed by atoms with Gasteiger partial charge in [0.05, 0.1) is 24.1 Å². The molecule has 0 bridgehead atoms. The van der Waals surface area contributed by atoms with Gasteiger partial charge >= 0.3 is 0 Å². The minimum Gasteiger partial charge on any atom is -0.493 e. The van der Waals surface area contributed by atoms with E-state index in [2.05, 4.69) is 15.5 Å². The summed E-state index contributed by atoms with van der Waals surface area (Å²) in [5, 5.41) is 11.1. The van der Waals surface area contributed by atoms with Gasteiger partial charge < -0.3 is 20.5 Å². The van der Waals surface area contributed by atoms with Crippen molar-refractivity contribution in [3.63, 3.8) is 0 Å². The fourth-order valence-corrected chi connectivity index (χ4v) is 2.43. The smallest absolute Gasteiger partial charge is 0.255 e. The van der Waals surface area contributed by atoms with Crippen molar-refractivity contribution in [1.82, 2.24) is 5.32 Å². The van der Waals surface area contributed by atoms with E-state index in [4.69, 9.17) is 26.8 Å². The molecule has 23 heavy (non-hydrogen) atoms. The first kappa shape index (κ1) is 17.1. The summed E-state index contributed by atoms with van der Waals surface area (Å²) in [5.41, 5.74) is 5.57. The Morgan fingerprint density at radius 3 is 2.91 bits per heavy atom. The summed E-state index contributed by atoms with van der Waals surface area (Å²) in [6.07, 6.45) is 1.42. The highest BCUT2D eigenvalue weighted by Crippen LogP contribution is 2.32. The van der Waals surface area contributed by atoms with E-state index in [1.54, 1.807) is 6.07 Å². The van der Waals surface area contributed by atoms with Crippen LogP contribution in [0.1, 0.15) is 5.56 Å². The number of hydrogen-bond acceptors (Lipinski definition) is 7. The van der Waals surface area contributed by atoms with Gasteiger partial charge in [0.25, 0.3) is 5.91 Å². The second-order valence-electron chi connectivity index (χ2n) is 4.27. The lowest BCUT2D eigenvalue weighted by Crippen LogP contribution is -2.20. The van der Waals surface area contributed by atoms with E-state index in [1.807, 2.05) is 0 Å². The molecule has 0 unspecified atom stereocenters. The maximum Gasteiger partial charge on any atom is 0.255 e. The second kappa shape index (κ2) is 7.84. The standard InChI is InChI=1S/C13H13ClN4O4S/c1-21-9-2-7(4-16-18-13-17-12(20)6-23-13)8(14)3-10(9)22-5-11(15)19/h2-4H,5-6H2,1H3,(H2,15,19)(H,17,18,20). The number of methoxy groups -OCH3 is 1. The summed E-state index contributed by atoms with van der Waals surface area (Å²) in [4.78, 5) is 21.8. The van der Waals surface area contributed by atoms with E-state index in [0.29, 0.717) is 33.0 Å². The van der Waals surface area contributed by atoms with Crippen LogP contribution in [0.3, 0.4) is 0 Å². The summed E-state index contributed by atoms with van der Waals surface area (Å²) in [7, 11) is 1.45. The number of halogens is 1. The average Bonchev–Trinajstić information content (AvgIpc) is 2.92. The number of nitrogens with zero attached hydrogens (tertiary/aromatic N) is 2. The molecule has 10 heteroatoms. The van der Waals surface area contributed by atoms with Gasteiger partial charge in [-0.05, 0) is 6.07 Å². The van der Waals surface area contributed by atoms with E-state index in [1.165, 1.54) is 31.2 Å². The third-order valence-corrected chi connectivity index (χ3v) is 3.78. The van der Waals surface area contributed by atoms with Crippen LogP contribution in [0.15, 0.2) is 22.3 Å². The molecule has 0 radical (unpaired) electrons. The summed E-state index contributed by atoms with van der Waals surface area (Å²) in [6.45, 7) is -0.287. The molecule has 1 fully saturated rings. The Morgan fingerprint density at radius 1 is 1.52 bits per heavy atom. The number of benzene rings is 1. The van der Waals surface area contributed by atoms with Crippen LogP contribution in [0.5, 0.6) is 11.5 Å². The highest BCUT2D eigenvalue weighted by Gasteiger charge is 2.16. The monoisotopic (exact) mass is 356 g/mol. The van der Waals surface area contributed by atoms with Crippen LogP contribution in [-0.2, 0) is 9.59 Å². The van der Waals surface area contributed by atoms with Gasteiger partial charge in [-0.2, -0.15) is 5.10 Å². The molecular weight excluding hydrogens is 344 g/mol. The largest absolute Gasteiger partial charge is 0.493 e. The van der Waals surface area contributed by atoms with E-state index >= 15 is 0 Å². The second-order valence-corrected chi connectivity index (χ2v) is 5.64. The summed E-state index contributed by atoms with van der Waals surface area (Å²) < 4.78 is 10.4. The molecular formula is C13H13ClN4O4S. The third-order valence-electron chi connectivity index (χ3n) is 2.58. The maximum atomic E-state index is 11.0. The van der Waals surface area contributed by atoms with Gasteiger partial charge in [0.15, 0.2) is 23.3 Å². The lowest BCUT2D eigenvalue weighted by molar-refractivity contribution is -0.120. The number of rotatable bonds is 6.